The number of halogens is 1. The second-order valence-corrected chi connectivity index (χ2v) is 7.51. The van der Waals surface area contributed by atoms with Crippen molar-refractivity contribution >= 4 is 22.9 Å². The molecule has 0 spiro atoms. The number of rotatable bonds is 5. The number of nitrogens with zero attached hydrogens (tertiary/aromatic N) is 1. The smallest absolute Gasteiger partial charge is 0.267 e. The molecule has 0 fully saturated rings. The van der Waals surface area contributed by atoms with E-state index >= 15 is 0 Å². The van der Waals surface area contributed by atoms with Crippen LogP contribution in [0.3, 0.4) is 0 Å². The van der Waals surface area contributed by atoms with E-state index in [1.807, 2.05) is 0 Å². The van der Waals surface area contributed by atoms with Crippen molar-refractivity contribution in [3.63, 3.8) is 0 Å². The summed E-state index contributed by atoms with van der Waals surface area (Å²) < 4.78 is 29.8. The maximum absolute atomic E-state index is 13.0. The van der Waals surface area contributed by atoms with Gasteiger partial charge in [0.15, 0.2) is 11.5 Å². The number of benzene rings is 2. The fourth-order valence-corrected chi connectivity index (χ4v) is 3.70. The predicted molar refractivity (Wildman–Crippen MR) is 108 cm³/mol. The van der Waals surface area contributed by atoms with Crippen LogP contribution in [0, 0.1) is 12.7 Å². The third-order valence-electron chi connectivity index (χ3n) is 4.23. The van der Waals surface area contributed by atoms with Gasteiger partial charge in [-0.15, -0.1) is 11.3 Å². The maximum atomic E-state index is 13.0. The third-order valence-corrected chi connectivity index (χ3v) is 5.36. The maximum Gasteiger partial charge on any atom is 0.267 e. The lowest BCUT2D eigenvalue weighted by atomic mass is 10.2. The summed E-state index contributed by atoms with van der Waals surface area (Å²) >= 11 is 1.26. The molecule has 0 saturated heterocycles. The van der Waals surface area contributed by atoms with Crippen LogP contribution in [0.25, 0.3) is 0 Å². The molecule has 0 saturated carbocycles. The summed E-state index contributed by atoms with van der Waals surface area (Å²) in [4.78, 5) is 17.6. The zero-order valence-corrected chi connectivity index (χ0v) is 16.6. The van der Waals surface area contributed by atoms with Crippen molar-refractivity contribution in [1.82, 2.24) is 4.98 Å². The first-order valence-corrected chi connectivity index (χ1v) is 9.96. The number of aromatic nitrogens is 1. The Morgan fingerprint density at radius 2 is 1.93 bits per heavy atom. The van der Waals surface area contributed by atoms with Crippen LogP contribution in [0.15, 0.2) is 42.5 Å². The van der Waals surface area contributed by atoms with Gasteiger partial charge in [0, 0.05) is 18.2 Å². The average Bonchev–Trinajstić information content (AvgIpc) is 2.93. The summed E-state index contributed by atoms with van der Waals surface area (Å²) in [6.07, 6.45) is 0.819. The monoisotopic (exact) mass is 414 g/mol. The molecule has 1 aromatic heterocycles. The molecule has 150 valence electrons. The summed E-state index contributed by atoms with van der Waals surface area (Å²) in [6, 6.07) is 11.1. The van der Waals surface area contributed by atoms with E-state index in [2.05, 4.69) is 10.3 Å². The number of fused-ring (bicyclic) bond motifs is 1. The number of amides is 1. The van der Waals surface area contributed by atoms with E-state index in [0.29, 0.717) is 51.7 Å². The summed E-state index contributed by atoms with van der Waals surface area (Å²) in [5.41, 5.74) is 1.25. The van der Waals surface area contributed by atoms with Crippen molar-refractivity contribution in [1.29, 1.82) is 0 Å². The Kier molecular flexibility index (Phi) is 5.62. The van der Waals surface area contributed by atoms with Gasteiger partial charge in [-0.05, 0) is 43.3 Å². The molecule has 0 bridgehead atoms. The van der Waals surface area contributed by atoms with Crippen molar-refractivity contribution in [2.45, 2.75) is 20.0 Å². The second-order valence-electron chi connectivity index (χ2n) is 6.43. The van der Waals surface area contributed by atoms with E-state index in [1.165, 1.54) is 23.5 Å². The Morgan fingerprint density at radius 3 is 2.72 bits per heavy atom. The molecule has 3 aromatic rings. The Balaban J connectivity index is 1.42. The average molecular weight is 414 g/mol. The van der Waals surface area contributed by atoms with E-state index in [0.717, 1.165) is 6.42 Å². The Labute approximate surface area is 171 Å². The summed E-state index contributed by atoms with van der Waals surface area (Å²) in [6.45, 7) is 3.17. The molecule has 0 atom stereocenters. The van der Waals surface area contributed by atoms with Gasteiger partial charge in [0.05, 0.1) is 18.9 Å². The number of anilines is 1. The molecule has 2 aromatic carbocycles. The van der Waals surface area contributed by atoms with E-state index in [9.17, 15) is 9.18 Å². The number of nitrogens with one attached hydrogen (secondary N) is 1. The molecule has 1 aliphatic heterocycles. The molecule has 1 aliphatic rings. The normalized spacial score (nSPS) is 12.9. The number of ether oxygens (including phenoxy) is 3. The van der Waals surface area contributed by atoms with Crippen LogP contribution in [-0.2, 0) is 6.61 Å². The number of aryl methyl sites for hydroxylation is 1. The highest BCUT2D eigenvalue weighted by Gasteiger charge is 2.17. The van der Waals surface area contributed by atoms with Crippen LogP contribution >= 0.6 is 11.3 Å². The lowest BCUT2D eigenvalue weighted by Gasteiger charge is -2.10. The van der Waals surface area contributed by atoms with Crippen LogP contribution < -0.4 is 19.5 Å². The highest BCUT2D eigenvalue weighted by Crippen LogP contribution is 2.32. The first-order chi connectivity index (χ1) is 14.1. The quantitative estimate of drug-likeness (QED) is 0.662. The molecular weight excluding hydrogens is 395 g/mol. The van der Waals surface area contributed by atoms with Gasteiger partial charge < -0.3 is 19.5 Å². The lowest BCUT2D eigenvalue weighted by molar-refractivity contribution is 0.103. The highest BCUT2D eigenvalue weighted by molar-refractivity contribution is 7.13. The SMILES string of the molecule is Cc1nc(COc2ccc(F)cc2)sc1C(=O)Nc1ccc2c(c1)OCCCO2. The van der Waals surface area contributed by atoms with Gasteiger partial charge in [0.2, 0.25) is 0 Å². The molecule has 4 rings (SSSR count). The van der Waals surface area contributed by atoms with Crippen LogP contribution in [0.5, 0.6) is 17.2 Å². The van der Waals surface area contributed by atoms with Crippen molar-refractivity contribution in [3.8, 4) is 17.2 Å². The van der Waals surface area contributed by atoms with Gasteiger partial charge >= 0.3 is 0 Å². The van der Waals surface area contributed by atoms with Gasteiger partial charge in [0.1, 0.15) is 28.1 Å². The summed E-state index contributed by atoms with van der Waals surface area (Å²) in [5.74, 6) is 1.26. The first-order valence-electron chi connectivity index (χ1n) is 9.14. The second kappa shape index (κ2) is 8.48. The van der Waals surface area contributed by atoms with Gasteiger partial charge in [-0.2, -0.15) is 0 Å². The molecule has 8 heteroatoms. The Hall–Kier alpha value is -3.13. The molecule has 1 amide bonds. The molecule has 1 N–H and O–H groups in total. The lowest BCUT2D eigenvalue weighted by Crippen LogP contribution is -2.11. The van der Waals surface area contributed by atoms with Crippen molar-refractivity contribution < 1.29 is 23.4 Å². The zero-order valence-electron chi connectivity index (χ0n) is 15.7. The van der Waals surface area contributed by atoms with Gasteiger partial charge in [-0.3, -0.25) is 4.79 Å². The minimum atomic E-state index is -0.323. The minimum absolute atomic E-state index is 0.203. The molecule has 6 nitrogen and oxygen atoms in total. The van der Waals surface area contributed by atoms with E-state index in [-0.39, 0.29) is 18.3 Å². The van der Waals surface area contributed by atoms with Crippen LogP contribution in [-0.4, -0.2) is 24.1 Å². The fourth-order valence-electron chi connectivity index (χ4n) is 2.83. The zero-order chi connectivity index (χ0) is 20.2. The van der Waals surface area contributed by atoms with Gasteiger partial charge in [-0.1, -0.05) is 0 Å². The van der Waals surface area contributed by atoms with Crippen molar-refractivity contribution in [2.24, 2.45) is 0 Å². The third kappa shape index (κ3) is 4.65. The van der Waals surface area contributed by atoms with Crippen molar-refractivity contribution in [2.75, 3.05) is 18.5 Å². The minimum Gasteiger partial charge on any atom is -0.490 e. The Morgan fingerprint density at radius 1 is 1.17 bits per heavy atom. The highest BCUT2D eigenvalue weighted by atomic mass is 32.1. The predicted octanol–water partition coefficient (Wildman–Crippen LogP) is 4.58. The number of carbonyl (C=O) groups is 1. The Bertz CT molecular complexity index is 1020. The van der Waals surface area contributed by atoms with Crippen molar-refractivity contribution in [3.05, 3.63) is 63.9 Å². The number of hydrogen-bond donors (Lipinski definition) is 1. The van der Waals surface area contributed by atoms with E-state index < -0.39 is 0 Å². The first kappa shape index (κ1) is 19.2. The molecule has 29 heavy (non-hydrogen) atoms. The van der Waals surface area contributed by atoms with Crippen LogP contribution in [0.4, 0.5) is 10.1 Å². The van der Waals surface area contributed by atoms with E-state index in [4.69, 9.17) is 14.2 Å². The largest absolute Gasteiger partial charge is 0.490 e. The standard InChI is InChI=1S/C21H19FN2O4S/c1-13-20(29-19(23-13)12-28-16-6-3-14(22)4-7-16)21(25)24-15-5-8-17-18(11-15)27-10-2-9-26-17/h3-8,11H,2,9-10,12H2,1H3,(H,24,25). The van der Waals surface area contributed by atoms with E-state index in [1.54, 1.807) is 37.3 Å². The molecular formula is C21H19FN2O4S. The summed E-state index contributed by atoms with van der Waals surface area (Å²) in [5, 5.41) is 3.54. The van der Waals surface area contributed by atoms with Crippen LogP contribution in [0.2, 0.25) is 0 Å². The number of carbonyl (C=O) groups excluding carboxylic acids is 1. The van der Waals surface area contributed by atoms with Gasteiger partial charge in [0.25, 0.3) is 5.91 Å². The fraction of sp³-hybridized carbons (Fsp3) is 0.238. The van der Waals surface area contributed by atoms with Crippen LogP contribution in [0.1, 0.15) is 26.8 Å². The number of thiazole rings is 1. The summed E-state index contributed by atoms with van der Waals surface area (Å²) in [7, 11) is 0. The topological polar surface area (TPSA) is 69.7 Å². The molecule has 0 aliphatic carbocycles. The van der Waals surface area contributed by atoms with Gasteiger partial charge in [-0.25, -0.2) is 9.37 Å². The molecule has 0 unspecified atom stereocenters. The molecule has 2 heterocycles. The molecule has 0 radical (unpaired) electrons. The number of hydrogen-bond acceptors (Lipinski definition) is 6.